The molecule has 0 saturated carbocycles. The van der Waals surface area contributed by atoms with E-state index in [1.165, 1.54) is 0 Å². The van der Waals surface area contributed by atoms with Crippen molar-refractivity contribution in [3.05, 3.63) is 63.6 Å². The second-order valence-electron chi connectivity index (χ2n) is 3.86. The van der Waals surface area contributed by atoms with E-state index in [0.29, 0.717) is 27.4 Å². The zero-order valence-corrected chi connectivity index (χ0v) is 12.2. The maximum Gasteiger partial charge on any atom is 0.156 e. The summed E-state index contributed by atoms with van der Waals surface area (Å²) in [5.74, 6) is 0.462. The Bertz CT molecular complexity index is 596. The number of hydrogen-bond donors (Lipinski definition) is 1. The fourth-order valence-electron chi connectivity index (χ4n) is 1.66. The van der Waals surface area contributed by atoms with Gasteiger partial charge in [-0.25, -0.2) is 0 Å². The van der Waals surface area contributed by atoms with Gasteiger partial charge >= 0.3 is 0 Å². The van der Waals surface area contributed by atoms with E-state index in [1.54, 1.807) is 18.2 Å². The molecule has 0 radical (unpaired) electrons. The van der Waals surface area contributed by atoms with Crippen molar-refractivity contribution in [1.82, 2.24) is 0 Å². The fourth-order valence-corrected chi connectivity index (χ4v) is 2.36. The summed E-state index contributed by atoms with van der Waals surface area (Å²) in [7, 11) is 0. The lowest BCUT2D eigenvalue weighted by Crippen LogP contribution is -2.13. The molecule has 0 bridgehead atoms. The van der Waals surface area contributed by atoms with Crippen molar-refractivity contribution in [3.63, 3.8) is 0 Å². The second-order valence-corrected chi connectivity index (χ2v) is 5.12. The standard InChI is InChI=1S/C14H11Cl2NOS/c15-11-6-3-7-12(16)13(11)18-8-9-4-1-2-5-10(9)14(17)19/h1-7H,8H2,(H2,17,19). The molecule has 0 aliphatic rings. The Balaban J connectivity index is 2.22. The zero-order chi connectivity index (χ0) is 13.8. The molecule has 0 aliphatic carbocycles. The summed E-state index contributed by atoms with van der Waals surface area (Å²) in [6.07, 6.45) is 0. The minimum atomic E-state index is 0.303. The minimum Gasteiger partial charge on any atom is -0.486 e. The number of hydrogen-bond acceptors (Lipinski definition) is 2. The number of nitrogens with two attached hydrogens (primary N) is 1. The van der Waals surface area contributed by atoms with Crippen LogP contribution in [-0.2, 0) is 6.61 Å². The maximum absolute atomic E-state index is 6.04. The van der Waals surface area contributed by atoms with Crippen LogP contribution in [0.1, 0.15) is 11.1 Å². The summed E-state index contributed by atoms with van der Waals surface area (Å²) in [5.41, 5.74) is 7.35. The third-order valence-electron chi connectivity index (χ3n) is 2.57. The van der Waals surface area contributed by atoms with Crippen LogP contribution in [0.5, 0.6) is 5.75 Å². The van der Waals surface area contributed by atoms with E-state index in [4.69, 9.17) is 45.9 Å². The highest BCUT2D eigenvalue weighted by Crippen LogP contribution is 2.33. The van der Waals surface area contributed by atoms with Gasteiger partial charge in [0.05, 0.1) is 10.0 Å². The van der Waals surface area contributed by atoms with Crippen LogP contribution in [0.4, 0.5) is 0 Å². The lowest BCUT2D eigenvalue weighted by Gasteiger charge is -2.12. The summed E-state index contributed by atoms with van der Waals surface area (Å²) in [6.45, 7) is 0.303. The summed E-state index contributed by atoms with van der Waals surface area (Å²) < 4.78 is 5.67. The molecule has 98 valence electrons. The van der Waals surface area contributed by atoms with Crippen LogP contribution < -0.4 is 10.5 Å². The van der Waals surface area contributed by atoms with Crippen molar-refractivity contribution < 1.29 is 4.74 Å². The van der Waals surface area contributed by atoms with Crippen molar-refractivity contribution in [1.29, 1.82) is 0 Å². The molecule has 2 N–H and O–H groups in total. The van der Waals surface area contributed by atoms with E-state index >= 15 is 0 Å². The lowest BCUT2D eigenvalue weighted by molar-refractivity contribution is 0.306. The molecular formula is C14H11Cl2NOS. The normalized spacial score (nSPS) is 10.2. The van der Waals surface area contributed by atoms with Gasteiger partial charge in [0.1, 0.15) is 11.6 Å². The Labute approximate surface area is 127 Å². The molecule has 0 aliphatic heterocycles. The maximum atomic E-state index is 6.04. The first-order chi connectivity index (χ1) is 9.09. The number of benzene rings is 2. The summed E-state index contributed by atoms with van der Waals surface area (Å²) in [5, 5.41) is 0.945. The van der Waals surface area contributed by atoms with Crippen molar-refractivity contribution in [2.24, 2.45) is 5.73 Å². The van der Waals surface area contributed by atoms with Crippen molar-refractivity contribution >= 4 is 40.4 Å². The molecule has 0 fully saturated rings. The Morgan fingerprint density at radius 2 is 1.68 bits per heavy atom. The lowest BCUT2D eigenvalue weighted by atomic mass is 10.1. The van der Waals surface area contributed by atoms with E-state index in [-0.39, 0.29) is 0 Å². The number of ether oxygens (including phenoxy) is 1. The molecule has 2 aromatic carbocycles. The Hall–Kier alpha value is -1.29. The first kappa shape index (κ1) is 14.1. The Morgan fingerprint density at radius 1 is 1.05 bits per heavy atom. The summed E-state index contributed by atoms with van der Waals surface area (Å²) >= 11 is 17.1. The minimum absolute atomic E-state index is 0.303. The molecule has 2 rings (SSSR count). The van der Waals surface area contributed by atoms with Crippen LogP contribution in [0.25, 0.3) is 0 Å². The number of rotatable bonds is 4. The summed E-state index contributed by atoms with van der Waals surface area (Å²) in [4.78, 5) is 0.337. The molecule has 0 spiro atoms. The highest BCUT2D eigenvalue weighted by Gasteiger charge is 2.09. The average Bonchev–Trinajstić information content (AvgIpc) is 2.38. The molecule has 5 heteroatoms. The van der Waals surface area contributed by atoms with E-state index < -0.39 is 0 Å². The molecule has 0 saturated heterocycles. The van der Waals surface area contributed by atoms with E-state index in [0.717, 1.165) is 11.1 Å². The molecular weight excluding hydrogens is 301 g/mol. The fraction of sp³-hybridized carbons (Fsp3) is 0.0714. The largest absolute Gasteiger partial charge is 0.486 e. The third kappa shape index (κ3) is 3.38. The molecule has 19 heavy (non-hydrogen) atoms. The topological polar surface area (TPSA) is 35.2 Å². The van der Waals surface area contributed by atoms with Crippen LogP contribution in [0, 0.1) is 0 Å². The molecule has 0 aromatic heterocycles. The van der Waals surface area contributed by atoms with Gasteiger partial charge in [-0.05, 0) is 17.7 Å². The predicted octanol–water partition coefficient (Wildman–Crippen LogP) is 4.21. The van der Waals surface area contributed by atoms with Crippen LogP contribution in [0.2, 0.25) is 10.0 Å². The SMILES string of the molecule is NC(=S)c1ccccc1COc1c(Cl)cccc1Cl. The van der Waals surface area contributed by atoms with Gasteiger partial charge in [-0.1, -0.05) is 65.8 Å². The van der Waals surface area contributed by atoms with Crippen LogP contribution in [0.15, 0.2) is 42.5 Å². The van der Waals surface area contributed by atoms with Crippen LogP contribution >= 0.6 is 35.4 Å². The van der Waals surface area contributed by atoms with Crippen LogP contribution in [-0.4, -0.2) is 4.99 Å². The van der Waals surface area contributed by atoms with Crippen molar-refractivity contribution in [2.45, 2.75) is 6.61 Å². The predicted molar refractivity (Wildman–Crippen MR) is 83.1 cm³/mol. The summed E-state index contributed by atoms with van der Waals surface area (Å²) in [6, 6.07) is 12.7. The Morgan fingerprint density at radius 3 is 2.32 bits per heavy atom. The smallest absolute Gasteiger partial charge is 0.156 e. The van der Waals surface area contributed by atoms with Gasteiger partial charge in [-0.2, -0.15) is 0 Å². The monoisotopic (exact) mass is 311 g/mol. The first-order valence-corrected chi connectivity index (χ1v) is 6.70. The zero-order valence-electron chi connectivity index (χ0n) is 9.90. The molecule has 0 amide bonds. The van der Waals surface area contributed by atoms with Gasteiger partial charge in [-0.3, -0.25) is 0 Å². The first-order valence-electron chi connectivity index (χ1n) is 5.54. The highest BCUT2D eigenvalue weighted by atomic mass is 35.5. The molecule has 0 unspecified atom stereocenters. The highest BCUT2D eigenvalue weighted by molar-refractivity contribution is 7.80. The van der Waals surface area contributed by atoms with Gasteiger partial charge in [0.25, 0.3) is 0 Å². The molecule has 2 nitrogen and oxygen atoms in total. The number of halogens is 2. The third-order valence-corrected chi connectivity index (χ3v) is 3.39. The van der Waals surface area contributed by atoms with Gasteiger partial charge in [-0.15, -0.1) is 0 Å². The van der Waals surface area contributed by atoms with Gasteiger partial charge in [0.2, 0.25) is 0 Å². The molecule has 2 aromatic rings. The van der Waals surface area contributed by atoms with Crippen molar-refractivity contribution in [3.8, 4) is 5.75 Å². The average molecular weight is 312 g/mol. The number of thiocarbonyl (C=S) groups is 1. The molecule has 0 atom stereocenters. The number of para-hydroxylation sites is 1. The van der Waals surface area contributed by atoms with E-state index in [9.17, 15) is 0 Å². The van der Waals surface area contributed by atoms with Crippen LogP contribution in [0.3, 0.4) is 0 Å². The van der Waals surface area contributed by atoms with E-state index in [2.05, 4.69) is 0 Å². The van der Waals surface area contributed by atoms with E-state index in [1.807, 2.05) is 24.3 Å². The quantitative estimate of drug-likeness (QED) is 0.859. The van der Waals surface area contributed by atoms with Gasteiger partial charge in [0.15, 0.2) is 5.75 Å². The van der Waals surface area contributed by atoms with Gasteiger partial charge in [0, 0.05) is 5.56 Å². The molecule has 0 heterocycles. The second kappa shape index (κ2) is 6.24. The van der Waals surface area contributed by atoms with Gasteiger partial charge < -0.3 is 10.5 Å². The van der Waals surface area contributed by atoms with Crippen molar-refractivity contribution in [2.75, 3.05) is 0 Å². The Kier molecular flexibility index (Phi) is 4.64.